The van der Waals surface area contributed by atoms with Crippen molar-refractivity contribution in [3.05, 3.63) is 41.1 Å². The van der Waals surface area contributed by atoms with Gasteiger partial charge in [-0.1, -0.05) is 32.0 Å². The quantitative estimate of drug-likeness (QED) is 0.790. The number of esters is 1. The van der Waals surface area contributed by atoms with Gasteiger partial charge in [0.15, 0.2) is 0 Å². The number of benzene rings is 1. The van der Waals surface area contributed by atoms with Gasteiger partial charge in [0.25, 0.3) is 0 Å². The van der Waals surface area contributed by atoms with E-state index in [0.717, 1.165) is 24.8 Å². The average Bonchev–Trinajstić information content (AvgIpc) is 2.64. The Morgan fingerprint density at radius 2 is 1.89 bits per heavy atom. The zero-order valence-electron chi connectivity index (χ0n) is 16.4. The van der Waals surface area contributed by atoms with E-state index in [1.165, 1.54) is 0 Å². The molecule has 1 fully saturated rings. The highest BCUT2D eigenvalue weighted by Gasteiger charge is 2.36. The van der Waals surface area contributed by atoms with Crippen LogP contribution in [-0.4, -0.2) is 25.2 Å². The van der Waals surface area contributed by atoms with Crippen LogP contribution >= 0.6 is 0 Å². The van der Waals surface area contributed by atoms with Crippen LogP contribution in [0.25, 0.3) is 0 Å². The molecule has 1 saturated carbocycles. The lowest BCUT2D eigenvalue weighted by Crippen LogP contribution is -2.46. The highest BCUT2D eigenvalue weighted by molar-refractivity contribution is 5.95. The second kappa shape index (κ2) is 8.03. The number of rotatable bonds is 4. The maximum absolute atomic E-state index is 13.0. The summed E-state index contributed by atoms with van der Waals surface area (Å²) in [5, 5.41) is 5.52. The number of amides is 2. The Labute approximate surface area is 160 Å². The predicted octanol–water partition coefficient (Wildman–Crippen LogP) is 3.69. The van der Waals surface area contributed by atoms with Gasteiger partial charge in [-0.05, 0) is 44.1 Å². The van der Waals surface area contributed by atoms with Crippen molar-refractivity contribution in [3.63, 3.8) is 0 Å². The molecule has 0 bridgehead atoms. The SMILES string of the molecule is COc1ccccc1[C@@H]1NC(=O)NC(C)=C1C(=O)O[C@@H]1CC[C@@H](C)[C@@H](C)C1. The number of para-hydroxylation sites is 1. The Morgan fingerprint density at radius 3 is 2.59 bits per heavy atom. The molecule has 2 amide bonds. The molecule has 1 heterocycles. The molecule has 3 rings (SSSR count). The van der Waals surface area contributed by atoms with Gasteiger partial charge >= 0.3 is 12.0 Å². The van der Waals surface area contributed by atoms with Crippen molar-refractivity contribution in [2.24, 2.45) is 11.8 Å². The fourth-order valence-electron chi connectivity index (χ4n) is 3.92. The number of nitrogens with one attached hydrogen (secondary N) is 2. The first-order valence-corrected chi connectivity index (χ1v) is 9.52. The fraction of sp³-hybridized carbons (Fsp3) is 0.524. The lowest BCUT2D eigenvalue weighted by Gasteiger charge is -2.33. The van der Waals surface area contributed by atoms with Gasteiger partial charge in [-0.25, -0.2) is 9.59 Å². The summed E-state index contributed by atoms with van der Waals surface area (Å²) in [5.74, 6) is 1.41. The third-order valence-corrected chi connectivity index (χ3v) is 5.76. The predicted molar refractivity (Wildman–Crippen MR) is 102 cm³/mol. The van der Waals surface area contributed by atoms with Crippen molar-refractivity contribution in [2.45, 2.75) is 52.2 Å². The van der Waals surface area contributed by atoms with Crippen LogP contribution in [-0.2, 0) is 9.53 Å². The number of hydrogen-bond donors (Lipinski definition) is 2. The zero-order chi connectivity index (χ0) is 19.6. The molecular formula is C21H28N2O4. The van der Waals surface area contributed by atoms with Gasteiger partial charge in [0, 0.05) is 11.3 Å². The third-order valence-electron chi connectivity index (χ3n) is 5.76. The van der Waals surface area contributed by atoms with Crippen molar-refractivity contribution in [3.8, 4) is 5.75 Å². The van der Waals surface area contributed by atoms with Crippen LogP contribution in [0.5, 0.6) is 5.75 Å². The van der Waals surface area contributed by atoms with Crippen LogP contribution in [0.3, 0.4) is 0 Å². The van der Waals surface area contributed by atoms with Gasteiger partial charge in [-0.3, -0.25) is 0 Å². The molecule has 1 aliphatic carbocycles. The number of carbonyl (C=O) groups excluding carboxylic acids is 2. The summed E-state index contributed by atoms with van der Waals surface area (Å²) in [4.78, 5) is 25.1. The maximum atomic E-state index is 13.0. The number of urea groups is 1. The summed E-state index contributed by atoms with van der Waals surface area (Å²) >= 11 is 0. The minimum Gasteiger partial charge on any atom is -0.496 e. The van der Waals surface area contributed by atoms with Crippen LogP contribution in [0.1, 0.15) is 51.6 Å². The van der Waals surface area contributed by atoms with E-state index in [4.69, 9.17) is 9.47 Å². The molecule has 4 atom stereocenters. The molecule has 146 valence electrons. The third kappa shape index (κ3) is 4.10. The second-order valence-corrected chi connectivity index (χ2v) is 7.61. The lowest BCUT2D eigenvalue weighted by atomic mass is 9.80. The minimum atomic E-state index is -0.609. The summed E-state index contributed by atoms with van der Waals surface area (Å²) < 4.78 is 11.3. The number of ether oxygens (including phenoxy) is 2. The molecule has 1 aromatic carbocycles. The van der Waals surface area contributed by atoms with Crippen LogP contribution < -0.4 is 15.4 Å². The molecule has 0 aromatic heterocycles. The molecule has 0 unspecified atom stereocenters. The van der Waals surface area contributed by atoms with Gasteiger partial charge in [0.2, 0.25) is 0 Å². The molecular weight excluding hydrogens is 344 g/mol. The molecule has 27 heavy (non-hydrogen) atoms. The molecule has 0 spiro atoms. The van der Waals surface area contributed by atoms with E-state index in [-0.39, 0.29) is 18.1 Å². The normalized spacial score (nSPS) is 28.2. The van der Waals surface area contributed by atoms with E-state index in [1.807, 2.05) is 24.3 Å². The summed E-state index contributed by atoms with van der Waals surface area (Å²) in [6.07, 6.45) is 2.73. The van der Waals surface area contributed by atoms with E-state index in [2.05, 4.69) is 24.5 Å². The fourth-order valence-corrected chi connectivity index (χ4v) is 3.92. The Morgan fingerprint density at radius 1 is 1.15 bits per heavy atom. The topological polar surface area (TPSA) is 76.7 Å². The van der Waals surface area contributed by atoms with E-state index < -0.39 is 6.04 Å². The van der Waals surface area contributed by atoms with Crippen molar-refractivity contribution < 1.29 is 19.1 Å². The zero-order valence-corrected chi connectivity index (χ0v) is 16.4. The van der Waals surface area contributed by atoms with Gasteiger partial charge in [0.05, 0.1) is 18.7 Å². The average molecular weight is 372 g/mol. The maximum Gasteiger partial charge on any atom is 0.338 e. The second-order valence-electron chi connectivity index (χ2n) is 7.61. The molecule has 2 aliphatic rings. The lowest BCUT2D eigenvalue weighted by molar-refractivity contribution is -0.147. The summed E-state index contributed by atoms with van der Waals surface area (Å²) in [6, 6.07) is 6.41. The molecule has 6 nitrogen and oxygen atoms in total. The standard InChI is InChI=1S/C21H28N2O4/c1-12-9-10-15(11-13(12)2)27-20(24)18-14(3)22-21(25)23-19(18)16-7-5-6-8-17(16)26-4/h5-8,12-13,15,19H,9-11H2,1-4H3,(H2,22,23,25)/t12-,13+,15-,19+/m1/s1. The van der Waals surface area contributed by atoms with E-state index in [1.54, 1.807) is 14.0 Å². The molecule has 1 aliphatic heterocycles. The number of methoxy groups -OCH3 is 1. The van der Waals surface area contributed by atoms with Crippen molar-refractivity contribution in [2.75, 3.05) is 7.11 Å². The smallest absolute Gasteiger partial charge is 0.338 e. The minimum absolute atomic E-state index is 0.0834. The number of allylic oxidation sites excluding steroid dienone is 1. The highest BCUT2D eigenvalue weighted by atomic mass is 16.5. The Kier molecular flexibility index (Phi) is 5.73. The number of carbonyl (C=O) groups is 2. The van der Waals surface area contributed by atoms with Crippen LogP contribution in [0.15, 0.2) is 35.5 Å². The van der Waals surface area contributed by atoms with Crippen LogP contribution in [0.4, 0.5) is 4.79 Å². The van der Waals surface area contributed by atoms with Gasteiger partial charge in [0.1, 0.15) is 11.9 Å². The molecule has 0 radical (unpaired) electrons. The Bertz CT molecular complexity index is 758. The van der Waals surface area contributed by atoms with Crippen LogP contribution in [0.2, 0.25) is 0 Å². The van der Waals surface area contributed by atoms with E-state index in [9.17, 15) is 9.59 Å². The van der Waals surface area contributed by atoms with E-state index >= 15 is 0 Å². The molecule has 0 saturated heterocycles. The first-order chi connectivity index (χ1) is 12.9. The van der Waals surface area contributed by atoms with E-state index in [0.29, 0.717) is 28.9 Å². The van der Waals surface area contributed by atoms with Gasteiger partial charge < -0.3 is 20.1 Å². The Hall–Kier alpha value is -2.50. The molecule has 2 N–H and O–H groups in total. The Balaban J connectivity index is 1.87. The highest BCUT2D eigenvalue weighted by Crippen LogP contribution is 2.35. The molecule has 6 heteroatoms. The number of hydrogen-bond acceptors (Lipinski definition) is 4. The van der Waals surface area contributed by atoms with Crippen molar-refractivity contribution in [1.29, 1.82) is 0 Å². The molecule has 1 aromatic rings. The summed E-state index contributed by atoms with van der Waals surface area (Å²) in [6.45, 7) is 6.17. The van der Waals surface area contributed by atoms with Crippen LogP contribution in [0, 0.1) is 11.8 Å². The van der Waals surface area contributed by atoms with Crippen molar-refractivity contribution >= 4 is 12.0 Å². The first-order valence-electron chi connectivity index (χ1n) is 9.52. The summed E-state index contributed by atoms with van der Waals surface area (Å²) in [5.41, 5.74) is 1.66. The first kappa shape index (κ1) is 19.3. The van der Waals surface area contributed by atoms with Gasteiger partial charge in [-0.2, -0.15) is 0 Å². The monoisotopic (exact) mass is 372 g/mol. The largest absolute Gasteiger partial charge is 0.496 e. The summed E-state index contributed by atoms with van der Waals surface area (Å²) in [7, 11) is 1.57. The van der Waals surface area contributed by atoms with Gasteiger partial charge in [-0.15, -0.1) is 0 Å². The van der Waals surface area contributed by atoms with Crippen molar-refractivity contribution in [1.82, 2.24) is 10.6 Å².